The van der Waals surface area contributed by atoms with Crippen LogP contribution in [-0.2, 0) is 10.1 Å². The van der Waals surface area contributed by atoms with E-state index < -0.39 is 10.1 Å². The Bertz CT molecular complexity index is 440. The molecular weight excluding hydrogens is 240 g/mol. The summed E-state index contributed by atoms with van der Waals surface area (Å²) in [5, 5.41) is 6.39. The molecule has 0 aromatic heterocycles. The Labute approximate surface area is 102 Å². The first-order valence-electron chi connectivity index (χ1n) is 5.44. The second-order valence-corrected chi connectivity index (χ2v) is 5.46. The fourth-order valence-corrected chi connectivity index (χ4v) is 1.79. The lowest BCUT2D eigenvalue weighted by atomic mass is 10.3. The predicted octanol–water partition coefficient (Wildman–Crippen LogP) is 1.34. The molecule has 96 valence electrons. The molecule has 0 unspecified atom stereocenters. The summed E-state index contributed by atoms with van der Waals surface area (Å²) in [6, 6.07) is 6.43. The SMILES string of the molecule is CC(C)NCCNc1ccc(S(=O)(=O)O)cc1. The number of hydrogen-bond acceptors (Lipinski definition) is 4. The molecule has 0 aliphatic rings. The van der Waals surface area contributed by atoms with E-state index >= 15 is 0 Å². The molecule has 17 heavy (non-hydrogen) atoms. The molecule has 1 rings (SSSR count). The van der Waals surface area contributed by atoms with Crippen molar-refractivity contribution < 1.29 is 13.0 Å². The van der Waals surface area contributed by atoms with Crippen molar-refractivity contribution in [3.8, 4) is 0 Å². The van der Waals surface area contributed by atoms with E-state index in [1.807, 2.05) is 0 Å². The van der Waals surface area contributed by atoms with Crippen LogP contribution in [-0.4, -0.2) is 32.1 Å². The number of anilines is 1. The van der Waals surface area contributed by atoms with E-state index in [2.05, 4.69) is 24.5 Å². The highest BCUT2D eigenvalue weighted by Gasteiger charge is 2.07. The Kier molecular flexibility index (Phi) is 4.92. The number of hydrogen-bond donors (Lipinski definition) is 3. The van der Waals surface area contributed by atoms with Crippen LogP contribution in [0.5, 0.6) is 0 Å². The second kappa shape index (κ2) is 6.00. The van der Waals surface area contributed by atoms with E-state index in [0.29, 0.717) is 6.04 Å². The van der Waals surface area contributed by atoms with Crippen molar-refractivity contribution in [2.75, 3.05) is 18.4 Å². The Morgan fingerprint density at radius 3 is 2.24 bits per heavy atom. The van der Waals surface area contributed by atoms with Crippen molar-refractivity contribution in [1.29, 1.82) is 0 Å². The summed E-state index contributed by atoms with van der Waals surface area (Å²) in [6.45, 7) is 5.73. The summed E-state index contributed by atoms with van der Waals surface area (Å²) >= 11 is 0. The summed E-state index contributed by atoms with van der Waals surface area (Å²) in [4.78, 5) is -0.0941. The highest BCUT2D eigenvalue weighted by atomic mass is 32.2. The summed E-state index contributed by atoms with van der Waals surface area (Å²) in [5.74, 6) is 0. The Morgan fingerprint density at radius 2 is 1.76 bits per heavy atom. The Hall–Kier alpha value is -1.11. The van der Waals surface area contributed by atoms with Gasteiger partial charge in [0.15, 0.2) is 0 Å². The van der Waals surface area contributed by atoms with Gasteiger partial charge in [0.05, 0.1) is 4.90 Å². The van der Waals surface area contributed by atoms with Gasteiger partial charge in [-0.15, -0.1) is 0 Å². The molecule has 0 aliphatic heterocycles. The summed E-state index contributed by atoms with van der Waals surface area (Å²) in [6.07, 6.45) is 0. The minimum atomic E-state index is -4.10. The first kappa shape index (κ1) is 14.0. The Morgan fingerprint density at radius 1 is 1.18 bits per heavy atom. The molecule has 0 spiro atoms. The first-order valence-corrected chi connectivity index (χ1v) is 6.88. The smallest absolute Gasteiger partial charge is 0.294 e. The van der Waals surface area contributed by atoms with Gasteiger partial charge in [-0.3, -0.25) is 4.55 Å². The summed E-state index contributed by atoms with van der Waals surface area (Å²) in [7, 11) is -4.10. The highest BCUT2D eigenvalue weighted by molar-refractivity contribution is 7.85. The van der Waals surface area contributed by atoms with Crippen LogP contribution in [0, 0.1) is 0 Å². The van der Waals surface area contributed by atoms with E-state index in [1.54, 1.807) is 12.1 Å². The fourth-order valence-electron chi connectivity index (χ4n) is 1.31. The largest absolute Gasteiger partial charge is 0.384 e. The van der Waals surface area contributed by atoms with Crippen molar-refractivity contribution in [1.82, 2.24) is 5.32 Å². The quantitative estimate of drug-likeness (QED) is 0.530. The molecule has 5 nitrogen and oxygen atoms in total. The maximum atomic E-state index is 10.8. The van der Waals surface area contributed by atoms with Gasteiger partial charge in [0, 0.05) is 24.8 Å². The van der Waals surface area contributed by atoms with E-state index in [9.17, 15) is 8.42 Å². The minimum Gasteiger partial charge on any atom is -0.384 e. The zero-order chi connectivity index (χ0) is 12.9. The molecule has 0 saturated carbocycles. The summed E-state index contributed by atoms with van der Waals surface area (Å²) in [5.41, 5.74) is 0.822. The van der Waals surface area contributed by atoms with Gasteiger partial charge in [-0.2, -0.15) is 8.42 Å². The topological polar surface area (TPSA) is 78.4 Å². The third-order valence-corrected chi connectivity index (χ3v) is 3.03. The standard InChI is InChI=1S/C11H18N2O3S/c1-9(2)12-7-8-13-10-3-5-11(6-4-10)17(14,15)16/h3-6,9,12-13H,7-8H2,1-2H3,(H,14,15,16). The lowest BCUT2D eigenvalue weighted by Crippen LogP contribution is -2.28. The average molecular weight is 258 g/mol. The lowest BCUT2D eigenvalue weighted by molar-refractivity contribution is 0.483. The average Bonchev–Trinajstić information content (AvgIpc) is 2.23. The predicted molar refractivity (Wildman–Crippen MR) is 67.9 cm³/mol. The van der Waals surface area contributed by atoms with Crippen LogP contribution in [0.2, 0.25) is 0 Å². The number of rotatable bonds is 6. The van der Waals surface area contributed by atoms with Gasteiger partial charge in [0.2, 0.25) is 0 Å². The van der Waals surface area contributed by atoms with Gasteiger partial charge >= 0.3 is 0 Å². The normalized spacial score (nSPS) is 11.8. The molecule has 0 heterocycles. The Balaban J connectivity index is 2.46. The van der Waals surface area contributed by atoms with Crippen LogP contribution in [0.25, 0.3) is 0 Å². The minimum absolute atomic E-state index is 0.0941. The molecule has 0 atom stereocenters. The van der Waals surface area contributed by atoms with Crippen molar-refractivity contribution >= 4 is 15.8 Å². The van der Waals surface area contributed by atoms with Crippen LogP contribution in [0.1, 0.15) is 13.8 Å². The van der Waals surface area contributed by atoms with Crippen LogP contribution in [0.15, 0.2) is 29.2 Å². The molecule has 0 saturated heterocycles. The van der Waals surface area contributed by atoms with Crippen molar-refractivity contribution in [3.05, 3.63) is 24.3 Å². The monoisotopic (exact) mass is 258 g/mol. The van der Waals surface area contributed by atoms with Crippen molar-refractivity contribution in [3.63, 3.8) is 0 Å². The molecule has 0 aliphatic carbocycles. The van der Waals surface area contributed by atoms with Gasteiger partial charge in [-0.1, -0.05) is 13.8 Å². The van der Waals surface area contributed by atoms with Crippen LogP contribution in [0.3, 0.4) is 0 Å². The summed E-state index contributed by atoms with van der Waals surface area (Å²) < 4.78 is 30.4. The first-order chi connectivity index (χ1) is 7.89. The number of benzene rings is 1. The van der Waals surface area contributed by atoms with Gasteiger partial charge in [0.25, 0.3) is 10.1 Å². The van der Waals surface area contributed by atoms with Crippen molar-refractivity contribution in [2.45, 2.75) is 24.8 Å². The molecule has 0 fully saturated rings. The maximum Gasteiger partial charge on any atom is 0.294 e. The second-order valence-electron chi connectivity index (χ2n) is 4.04. The van der Waals surface area contributed by atoms with Gasteiger partial charge in [-0.25, -0.2) is 0 Å². The van der Waals surface area contributed by atoms with E-state index in [1.165, 1.54) is 12.1 Å². The van der Waals surface area contributed by atoms with Gasteiger partial charge in [-0.05, 0) is 24.3 Å². The molecule has 1 aromatic carbocycles. The van der Waals surface area contributed by atoms with Crippen LogP contribution >= 0.6 is 0 Å². The molecule has 6 heteroatoms. The third kappa shape index (κ3) is 5.16. The highest BCUT2D eigenvalue weighted by Crippen LogP contribution is 2.13. The zero-order valence-electron chi connectivity index (χ0n) is 9.97. The third-order valence-electron chi connectivity index (χ3n) is 2.16. The molecular formula is C11H18N2O3S. The maximum absolute atomic E-state index is 10.8. The molecule has 3 N–H and O–H groups in total. The van der Waals surface area contributed by atoms with E-state index in [0.717, 1.165) is 18.8 Å². The van der Waals surface area contributed by atoms with Crippen LogP contribution in [0.4, 0.5) is 5.69 Å². The lowest BCUT2D eigenvalue weighted by Gasteiger charge is -2.10. The molecule has 1 aromatic rings. The zero-order valence-corrected chi connectivity index (χ0v) is 10.8. The number of nitrogens with one attached hydrogen (secondary N) is 2. The fraction of sp³-hybridized carbons (Fsp3) is 0.455. The molecule has 0 amide bonds. The molecule has 0 radical (unpaired) electrons. The molecule has 0 bridgehead atoms. The van der Waals surface area contributed by atoms with Crippen molar-refractivity contribution in [2.24, 2.45) is 0 Å². The van der Waals surface area contributed by atoms with Gasteiger partial charge < -0.3 is 10.6 Å². The van der Waals surface area contributed by atoms with E-state index in [-0.39, 0.29) is 4.90 Å². The van der Waals surface area contributed by atoms with E-state index in [4.69, 9.17) is 4.55 Å². The van der Waals surface area contributed by atoms with Gasteiger partial charge in [0.1, 0.15) is 0 Å². The van der Waals surface area contributed by atoms with Crippen LogP contribution < -0.4 is 10.6 Å².